The van der Waals surface area contributed by atoms with E-state index in [4.69, 9.17) is 0 Å². The second kappa shape index (κ2) is 6.32. The third-order valence-corrected chi connectivity index (χ3v) is 3.40. The number of ketones is 1. The standard InChI is InChI=1S/C16H19NO2/c1-13(18)12-15-8-5-11-17(15)16(19)10-9-14-6-3-2-4-7-14/h2-4,6-7,9-10,15H,5,8,11-12H2,1H3/t15-/m0/s1. The number of Topliss-reactive ketones (excluding diaryl/α,β-unsaturated/α-hetero) is 1. The minimum atomic E-state index is 0.00704. The van der Waals surface area contributed by atoms with E-state index in [1.165, 1.54) is 0 Å². The van der Waals surface area contributed by atoms with E-state index in [2.05, 4.69) is 0 Å². The third-order valence-electron chi connectivity index (χ3n) is 3.40. The molecule has 3 nitrogen and oxygen atoms in total. The summed E-state index contributed by atoms with van der Waals surface area (Å²) in [5.41, 5.74) is 1.01. The van der Waals surface area contributed by atoms with Gasteiger partial charge in [0.05, 0.1) is 0 Å². The molecule has 100 valence electrons. The predicted octanol–water partition coefficient (Wildman–Crippen LogP) is 2.67. The molecule has 1 heterocycles. The summed E-state index contributed by atoms with van der Waals surface area (Å²) in [7, 11) is 0. The quantitative estimate of drug-likeness (QED) is 0.778. The number of carbonyl (C=O) groups excluding carboxylic acids is 2. The van der Waals surface area contributed by atoms with Crippen LogP contribution in [0.4, 0.5) is 0 Å². The van der Waals surface area contributed by atoms with Crippen LogP contribution in [0, 0.1) is 0 Å². The minimum absolute atomic E-state index is 0.00704. The Morgan fingerprint density at radius 2 is 2.05 bits per heavy atom. The van der Waals surface area contributed by atoms with Gasteiger partial charge in [0.2, 0.25) is 5.91 Å². The molecular weight excluding hydrogens is 238 g/mol. The number of rotatable bonds is 4. The van der Waals surface area contributed by atoms with E-state index < -0.39 is 0 Å². The van der Waals surface area contributed by atoms with Crippen molar-refractivity contribution in [3.8, 4) is 0 Å². The van der Waals surface area contributed by atoms with Crippen LogP contribution in [0.15, 0.2) is 36.4 Å². The maximum atomic E-state index is 12.1. The zero-order valence-corrected chi connectivity index (χ0v) is 11.2. The van der Waals surface area contributed by atoms with Gasteiger partial charge < -0.3 is 4.90 Å². The van der Waals surface area contributed by atoms with Crippen LogP contribution in [-0.4, -0.2) is 29.2 Å². The fourth-order valence-corrected chi connectivity index (χ4v) is 2.50. The van der Waals surface area contributed by atoms with Gasteiger partial charge in [-0.25, -0.2) is 0 Å². The molecule has 0 unspecified atom stereocenters. The van der Waals surface area contributed by atoms with Gasteiger partial charge in [-0.1, -0.05) is 30.3 Å². The first kappa shape index (κ1) is 13.5. The highest BCUT2D eigenvalue weighted by Gasteiger charge is 2.28. The average molecular weight is 257 g/mol. The average Bonchev–Trinajstić information content (AvgIpc) is 2.84. The molecule has 1 aromatic carbocycles. The summed E-state index contributed by atoms with van der Waals surface area (Å²) in [6.07, 6.45) is 5.83. The number of amides is 1. The number of hydrogen-bond donors (Lipinski definition) is 0. The normalized spacial score (nSPS) is 19.0. The van der Waals surface area contributed by atoms with E-state index in [1.54, 1.807) is 13.0 Å². The summed E-state index contributed by atoms with van der Waals surface area (Å²) in [6.45, 7) is 2.34. The van der Waals surface area contributed by atoms with Crippen molar-refractivity contribution >= 4 is 17.8 Å². The second-order valence-electron chi connectivity index (χ2n) is 4.98. The molecule has 1 saturated heterocycles. The van der Waals surface area contributed by atoms with Crippen molar-refractivity contribution in [2.45, 2.75) is 32.2 Å². The molecule has 0 saturated carbocycles. The smallest absolute Gasteiger partial charge is 0.246 e. The van der Waals surface area contributed by atoms with Crippen LogP contribution in [-0.2, 0) is 9.59 Å². The van der Waals surface area contributed by atoms with Gasteiger partial charge in [0.15, 0.2) is 0 Å². The van der Waals surface area contributed by atoms with Gasteiger partial charge >= 0.3 is 0 Å². The summed E-state index contributed by atoms with van der Waals surface area (Å²) >= 11 is 0. The first-order valence-electron chi connectivity index (χ1n) is 6.70. The minimum Gasteiger partial charge on any atom is -0.336 e. The van der Waals surface area contributed by atoms with Crippen molar-refractivity contribution in [1.29, 1.82) is 0 Å². The molecule has 1 aliphatic rings. The lowest BCUT2D eigenvalue weighted by Crippen LogP contribution is -2.35. The monoisotopic (exact) mass is 257 g/mol. The van der Waals surface area contributed by atoms with Gasteiger partial charge in [0.25, 0.3) is 0 Å². The van der Waals surface area contributed by atoms with Gasteiger partial charge in [0.1, 0.15) is 5.78 Å². The Labute approximate surface area is 113 Å². The van der Waals surface area contributed by atoms with Crippen LogP contribution in [0.5, 0.6) is 0 Å². The van der Waals surface area contributed by atoms with Crippen molar-refractivity contribution in [1.82, 2.24) is 4.90 Å². The Bertz CT molecular complexity index is 479. The largest absolute Gasteiger partial charge is 0.336 e. The van der Waals surface area contributed by atoms with E-state index in [1.807, 2.05) is 41.3 Å². The summed E-state index contributed by atoms with van der Waals surface area (Å²) < 4.78 is 0. The SMILES string of the molecule is CC(=O)C[C@@H]1CCCN1C(=O)C=Cc1ccccc1. The van der Waals surface area contributed by atoms with Crippen LogP contribution in [0.25, 0.3) is 6.08 Å². The first-order valence-corrected chi connectivity index (χ1v) is 6.70. The van der Waals surface area contributed by atoms with E-state index in [0.717, 1.165) is 24.9 Å². The Balaban J connectivity index is 1.99. The van der Waals surface area contributed by atoms with E-state index in [9.17, 15) is 9.59 Å². The molecule has 0 bridgehead atoms. The van der Waals surface area contributed by atoms with Gasteiger partial charge in [-0.3, -0.25) is 9.59 Å². The Hall–Kier alpha value is -1.90. The van der Waals surface area contributed by atoms with Crippen molar-refractivity contribution in [3.63, 3.8) is 0 Å². The summed E-state index contributed by atoms with van der Waals surface area (Å²) in [4.78, 5) is 25.1. The molecule has 1 aromatic rings. The molecule has 2 rings (SSSR count). The van der Waals surface area contributed by atoms with Crippen molar-refractivity contribution in [2.75, 3.05) is 6.54 Å². The van der Waals surface area contributed by atoms with Crippen LogP contribution in [0.2, 0.25) is 0 Å². The Kier molecular flexibility index (Phi) is 4.50. The van der Waals surface area contributed by atoms with Gasteiger partial charge in [0, 0.05) is 25.1 Å². The predicted molar refractivity (Wildman–Crippen MR) is 75.5 cm³/mol. The van der Waals surface area contributed by atoms with Crippen LogP contribution in [0.1, 0.15) is 31.7 Å². The van der Waals surface area contributed by atoms with E-state index in [0.29, 0.717) is 6.42 Å². The zero-order valence-electron chi connectivity index (χ0n) is 11.2. The summed E-state index contributed by atoms with van der Waals surface area (Å²) in [5, 5.41) is 0. The molecule has 0 radical (unpaired) electrons. The first-order chi connectivity index (χ1) is 9.16. The lowest BCUT2D eigenvalue weighted by Gasteiger charge is -2.22. The topological polar surface area (TPSA) is 37.4 Å². The molecular formula is C16H19NO2. The number of benzene rings is 1. The molecule has 0 spiro atoms. The van der Waals surface area contributed by atoms with Gasteiger partial charge in [-0.05, 0) is 31.4 Å². The molecule has 1 fully saturated rings. The number of hydrogen-bond acceptors (Lipinski definition) is 2. The molecule has 1 atom stereocenters. The summed E-state index contributed by atoms with van der Waals surface area (Å²) in [6, 6.07) is 9.84. The maximum Gasteiger partial charge on any atom is 0.246 e. The highest BCUT2D eigenvalue weighted by Crippen LogP contribution is 2.21. The number of carbonyl (C=O) groups is 2. The van der Waals surface area contributed by atoms with Gasteiger partial charge in [-0.15, -0.1) is 0 Å². The Morgan fingerprint density at radius 3 is 2.74 bits per heavy atom. The fourth-order valence-electron chi connectivity index (χ4n) is 2.50. The Morgan fingerprint density at radius 1 is 1.32 bits per heavy atom. The van der Waals surface area contributed by atoms with Crippen LogP contribution < -0.4 is 0 Å². The molecule has 0 aromatic heterocycles. The number of nitrogens with zero attached hydrogens (tertiary/aromatic N) is 1. The van der Waals surface area contributed by atoms with Crippen molar-refractivity contribution in [2.24, 2.45) is 0 Å². The molecule has 1 aliphatic heterocycles. The fraction of sp³-hybridized carbons (Fsp3) is 0.375. The van der Waals surface area contributed by atoms with Crippen molar-refractivity contribution < 1.29 is 9.59 Å². The molecule has 0 N–H and O–H groups in total. The number of likely N-dealkylation sites (tertiary alicyclic amines) is 1. The second-order valence-corrected chi connectivity index (χ2v) is 4.98. The van der Waals surface area contributed by atoms with Crippen molar-refractivity contribution in [3.05, 3.63) is 42.0 Å². The lowest BCUT2D eigenvalue weighted by molar-refractivity contribution is -0.127. The van der Waals surface area contributed by atoms with E-state index in [-0.39, 0.29) is 17.7 Å². The highest BCUT2D eigenvalue weighted by molar-refractivity contribution is 5.92. The molecule has 3 heteroatoms. The zero-order chi connectivity index (χ0) is 13.7. The third kappa shape index (κ3) is 3.78. The molecule has 0 aliphatic carbocycles. The molecule has 1 amide bonds. The van der Waals surface area contributed by atoms with Gasteiger partial charge in [-0.2, -0.15) is 0 Å². The van der Waals surface area contributed by atoms with Crippen LogP contribution >= 0.6 is 0 Å². The van der Waals surface area contributed by atoms with Crippen LogP contribution in [0.3, 0.4) is 0 Å². The molecule has 19 heavy (non-hydrogen) atoms. The highest BCUT2D eigenvalue weighted by atomic mass is 16.2. The van der Waals surface area contributed by atoms with E-state index >= 15 is 0 Å². The summed E-state index contributed by atoms with van der Waals surface area (Å²) in [5.74, 6) is 0.157. The lowest BCUT2D eigenvalue weighted by atomic mass is 10.1. The maximum absolute atomic E-state index is 12.1.